The molecule has 2 rings (SSSR count). The first-order valence-electron chi connectivity index (χ1n) is 6.25. The molecule has 0 amide bonds. The minimum Gasteiger partial charge on any atom is -0.359 e. The van der Waals surface area contributed by atoms with Crippen molar-refractivity contribution < 1.29 is 0 Å². The van der Waals surface area contributed by atoms with E-state index in [0.29, 0.717) is 0 Å². The molecule has 0 aliphatic heterocycles. The lowest BCUT2D eigenvalue weighted by atomic mass is 10.1. The topological polar surface area (TPSA) is 15.8 Å². The Morgan fingerprint density at radius 1 is 1.17 bits per heavy atom. The first-order valence-corrected chi connectivity index (χ1v) is 6.25. The SMILES string of the molecule is C=c1[nH]c(C)c(/C=C\C)/c1=c1\cccc\c1=C\C. The number of H-pyrrole nitrogens is 1. The third-order valence-electron chi connectivity index (χ3n) is 3.19. The zero-order valence-corrected chi connectivity index (χ0v) is 11.2. The van der Waals surface area contributed by atoms with Crippen molar-refractivity contribution in [3.05, 3.63) is 62.6 Å². The quantitative estimate of drug-likeness (QED) is 0.785. The van der Waals surface area contributed by atoms with Crippen molar-refractivity contribution in [3.8, 4) is 0 Å². The first-order chi connectivity index (χ1) is 8.69. The predicted octanol–water partition coefficient (Wildman–Crippen LogP) is 2.85. The molecule has 0 unspecified atom stereocenters. The molecule has 1 heteroatoms. The Kier molecular flexibility index (Phi) is 3.52. The van der Waals surface area contributed by atoms with Crippen LogP contribution >= 0.6 is 0 Å². The molecule has 2 aromatic rings. The van der Waals surface area contributed by atoms with Crippen LogP contribution in [-0.2, 0) is 0 Å². The van der Waals surface area contributed by atoms with Gasteiger partial charge in [0, 0.05) is 21.8 Å². The highest BCUT2D eigenvalue weighted by Crippen LogP contribution is 2.07. The Balaban J connectivity index is 3.18. The molecule has 0 saturated carbocycles. The van der Waals surface area contributed by atoms with Crippen LogP contribution in [-0.4, -0.2) is 4.98 Å². The van der Waals surface area contributed by atoms with Gasteiger partial charge in [0.2, 0.25) is 0 Å². The van der Waals surface area contributed by atoms with Crippen LogP contribution in [0.4, 0.5) is 0 Å². The normalized spacial score (nSPS) is 14.5. The van der Waals surface area contributed by atoms with Crippen molar-refractivity contribution in [1.29, 1.82) is 0 Å². The Hall–Kier alpha value is -2.02. The van der Waals surface area contributed by atoms with Crippen molar-refractivity contribution in [3.63, 3.8) is 0 Å². The number of aromatic nitrogens is 1. The second kappa shape index (κ2) is 5.09. The Morgan fingerprint density at radius 3 is 2.56 bits per heavy atom. The van der Waals surface area contributed by atoms with E-state index in [1.165, 1.54) is 26.9 Å². The standard InChI is InChI=1S/C17H19N/c1-5-9-15-12(3)18-13(4)17(15)16-11-8-7-10-14(16)6-2/h5-11,18H,4H2,1-3H3/b9-5-,14-6-,17-16+. The fraction of sp³-hybridized carbons (Fsp3) is 0.176. The maximum atomic E-state index is 4.13. The molecule has 0 radical (unpaired) electrons. The first kappa shape index (κ1) is 12.4. The van der Waals surface area contributed by atoms with Crippen molar-refractivity contribution >= 4 is 18.7 Å². The highest BCUT2D eigenvalue weighted by Gasteiger charge is 2.01. The third-order valence-corrected chi connectivity index (χ3v) is 3.19. The van der Waals surface area contributed by atoms with Crippen LogP contribution in [0.2, 0.25) is 0 Å². The van der Waals surface area contributed by atoms with Gasteiger partial charge in [-0.25, -0.2) is 0 Å². The van der Waals surface area contributed by atoms with Gasteiger partial charge >= 0.3 is 0 Å². The number of aryl methyl sites for hydroxylation is 1. The zero-order chi connectivity index (χ0) is 13.1. The van der Waals surface area contributed by atoms with Crippen LogP contribution in [0.3, 0.4) is 0 Å². The minimum atomic E-state index is 0.981. The molecule has 1 aromatic heterocycles. The van der Waals surface area contributed by atoms with Gasteiger partial charge in [0.1, 0.15) is 0 Å². The fourth-order valence-electron chi connectivity index (χ4n) is 2.37. The van der Waals surface area contributed by atoms with Crippen LogP contribution in [0.1, 0.15) is 25.1 Å². The molecule has 92 valence electrons. The van der Waals surface area contributed by atoms with Crippen molar-refractivity contribution in [2.45, 2.75) is 20.8 Å². The molecule has 1 N–H and O–H groups in total. The summed E-state index contributed by atoms with van der Waals surface area (Å²) in [5.41, 5.74) is 2.40. The molecule has 0 aliphatic carbocycles. The molecule has 0 spiro atoms. The molecule has 1 aromatic carbocycles. The summed E-state index contributed by atoms with van der Waals surface area (Å²) in [6.45, 7) is 10.3. The molecule has 1 heterocycles. The van der Waals surface area contributed by atoms with Gasteiger partial charge in [0.15, 0.2) is 0 Å². The molecular formula is C17H19N. The molecule has 0 saturated heterocycles. The molecule has 0 atom stereocenters. The van der Waals surface area contributed by atoms with E-state index in [1.54, 1.807) is 0 Å². The van der Waals surface area contributed by atoms with Crippen molar-refractivity contribution in [2.75, 3.05) is 0 Å². The second-order valence-electron chi connectivity index (χ2n) is 4.39. The number of allylic oxidation sites excluding steroid dienone is 1. The number of hydrogen-bond donors (Lipinski definition) is 1. The third kappa shape index (κ3) is 2.04. The van der Waals surface area contributed by atoms with Gasteiger partial charge in [-0.15, -0.1) is 0 Å². The van der Waals surface area contributed by atoms with E-state index in [4.69, 9.17) is 0 Å². The van der Waals surface area contributed by atoms with Crippen LogP contribution in [0.25, 0.3) is 18.7 Å². The molecule has 0 aliphatic rings. The zero-order valence-electron chi connectivity index (χ0n) is 11.2. The molecule has 1 nitrogen and oxygen atoms in total. The van der Waals surface area contributed by atoms with E-state index in [2.05, 4.69) is 67.9 Å². The Morgan fingerprint density at radius 2 is 1.89 bits per heavy atom. The fourth-order valence-corrected chi connectivity index (χ4v) is 2.37. The van der Waals surface area contributed by atoms with Crippen molar-refractivity contribution in [2.24, 2.45) is 0 Å². The molecular weight excluding hydrogens is 218 g/mol. The van der Waals surface area contributed by atoms with E-state index in [9.17, 15) is 0 Å². The van der Waals surface area contributed by atoms with Crippen molar-refractivity contribution in [1.82, 2.24) is 4.98 Å². The Labute approximate surface area is 107 Å². The molecule has 0 fully saturated rings. The lowest BCUT2D eigenvalue weighted by Gasteiger charge is -1.93. The summed E-state index contributed by atoms with van der Waals surface area (Å²) in [6.07, 6.45) is 6.34. The van der Waals surface area contributed by atoms with E-state index in [0.717, 1.165) is 5.35 Å². The van der Waals surface area contributed by atoms with Crippen LogP contribution in [0, 0.1) is 17.4 Å². The summed E-state index contributed by atoms with van der Waals surface area (Å²) in [4.78, 5) is 3.33. The van der Waals surface area contributed by atoms with Gasteiger partial charge in [-0.1, -0.05) is 49.1 Å². The number of rotatable bonds is 1. The lowest BCUT2D eigenvalue weighted by molar-refractivity contribution is 1.22. The van der Waals surface area contributed by atoms with Crippen LogP contribution in [0.15, 0.2) is 30.3 Å². The highest BCUT2D eigenvalue weighted by molar-refractivity contribution is 5.53. The summed E-state index contributed by atoms with van der Waals surface area (Å²) in [5, 5.41) is 4.67. The van der Waals surface area contributed by atoms with E-state index >= 15 is 0 Å². The van der Waals surface area contributed by atoms with E-state index in [1.807, 2.05) is 6.92 Å². The summed E-state index contributed by atoms with van der Waals surface area (Å²) in [7, 11) is 0. The number of nitrogens with one attached hydrogen (secondary N) is 1. The smallest absolute Gasteiger partial charge is 0.0395 e. The van der Waals surface area contributed by atoms with Gasteiger partial charge in [0.05, 0.1) is 0 Å². The maximum Gasteiger partial charge on any atom is 0.0395 e. The van der Waals surface area contributed by atoms with Gasteiger partial charge in [-0.2, -0.15) is 0 Å². The van der Waals surface area contributed by atoms with Gasteiger partial charge in [-0.3, -0.25) is 0 Å². The number of aromatic amines is 1. The lowest BCUT2D eigenvalue weighted by Crippen LogP contribution is -2.07. The number of benzene rings is 1. The van der Waals surface area contributed by atoms with E-state index < -0.39 is 0 Å². The van der Waals surface area contributed by atoms with Gasteiger partial charge in [-0.05, 0) is 31.2 Å². The minimum absolute atomic E-state index is 0.981. The maximum absolute atomic E-state index is 4.13. The molecule has 18 heavy (non-hydrogen) atoms. The van der Waals surface area contributed by atoms with Gasteiger partial charge in [0.25, 0.3) is 0 Å². The van der Waals surface area contributed by atoms with Crippen LogP contribution in [0.5, 0.6) is 0 Å². The van der Waals surface area contributed by atoms with Crippen LogP contribution < -0.4 is 10.6 Å². The summed E-state index contributed by atoms with van der Waals surface area (Å²) in [5.74, 6) is 0. The highest BCUT2D eigenvalue weighted by atomic mass is 14.7. The molecule has 0 bridgehead atoms. The number of hydrogen-bond acceptors (Lipinski definition) is 0. The summed E-state index contributed by atoms with van der Waals surface area (Å²) >= 11 is 0. The second-order valence-corrected chi connectivity index (χ2v) is 4.39. The summed E-state index contributed by atoms with van der Waals surface area (Å²) < 4.78 is 0. The average Bonchev–Trinajstić information content (AvgIpc) is 2.65. The predicted molar refractivity (Wildman–Crippen MR) is 79.3 cm³/mol. The monoisotopic (exact) mass is 237 g/mol. The largest absolute Gasteiger partial charge is 0.359 e. The van der Waals surface area contributed by atoms with E-state index in [-0.39, 0.29) is 0 Å². The summed E-state index contributed by atoms with van der Waals surface area (Å²) in [6, 6.07) is 8.43. The Bertz CT molecular complexity index is 776. The van der Waals surface area contributed by atoms with Gasteiger partial charge < -0.3 is 4.98 Å². The average molecular weight is 237 g/mol.